The van der Waals surface area contributed by atoms with Crippen LogP contribution in [-0.2, 0) is 9.53 Å². The lowest BCUT2D eigenvalue weighted by Crippen LogP contribution is -2.43. The van der Waals surface area contributed by atoms with Crippen LogP contribution in [0.25, 0.3) is 0 Å². The van der Waals surface area contributed by atoms with Crippen LogP contribution in [0.5, 0.6) is 0 Å². The number of nitrogens with zero attached hydrogens (tertiary/aromatic N) is 1. The summed E-state index contributed by atoms with van der Waals surface area (Å²) >= 11 is 0. The van der Waals surface area contributed by atoms with Crippen molar-refractivity contribution < 1.29 is 9.53 Å². The number of hydrogen-bond acceptors (Lipinski definition) is 5. The minimum Gasteiger partial charge on any atom is -0.460 e. The Morgan fingerprint density at radius 1 is 1.37 bits per heavy atom. The Bertz CT molecular complexity index is 343. The fourth-order valence-electron chi connectivity index (χ4n) is 1.66. The SMILES string of the molecule is CC(C)(C)OC(=O)C(C)(C)CCNC1=NCCCN1. The van der Waals surface area contributed by atoms with Gasteiger partial charge in [0.15, 0.2) is 5.96 Å². The molecule has 0 radical (unpaired) electrons. The maximum absolute atomic E-state index is 12.1. The van der Waals surface area contributed by atoms with Crippen molar-refractivity contribution in [3.05, 3.63) is 0 Å². The average molecular weight is 269 g/mol. The lowest BCUT2D eigenvalue weighted by atomic mass is 9.89. The molecule has 0 unspecified atom stereocenters. The first kappa shape index (κ1) is 15.8. The molecule has 0 aliphatic carbocycles. The molecule has 0 spiro atoms. The molecule has 0 amide bonds. The number of carbonyl (C=O) groups excluding carboxylic acids is 1. The maximum Gasteiger partial charge on any atom is 0.312 e. The second-order valence-corrected chi connectivity index (χ2v) is 6.57. The van der Waals surface area contributed by atoms with E-state index < -0.39 is 11.0 Å². The predicted molar refractivity (Wildman–Crippen MR) is 77.2 cm³/mol. The second kappa shape index (κ2) is 6.26. The Hall–Kier alpha value is -1.26. The molecule has 0 aromatic heterocycles. The number of aliphatic imine (C=N–C) groups is 1. The third-order valence-electron chi connectivity index (χ3n) is 2.89. The van der Waals surface area contributed by atoms with Gasteiger partial charge in [0.1, 0.15) is 5.60 Å². The summed E-state index contributed by atoms with van der Waals surface area (Å²) in [6.45, 7) is 12.0. The third-order valence-corrected chi connectivity index (χ3v) is 2.89. The van der Waals surface area contributed by atoms with Crippen LogP contribution in [0, 0.1) is 5.41 Å². The first-order chi connectivity index (χ1) is 8.71. The van der Waals surface area contributed by atoms with Gasteiger partial charge in [-0.3, -0.25) is 9.79 Å². The monoisotopic (exact) mass is 269 g/mol. The summed E-state index contributed by atoms with van der Waals surface area (Å²) in [7, 11) is 0. The molecule has 19 heavy (non-hydrogen) atoms. The highest BCUT2D eigenvalue weighted by Crippen LogP contribution is 2.24. The van der Waals surface area contributed by atoms with Crippen LogP contribution >= 0.6 is 0 Å². The smallest absolute Gasteiger partial charge is 0.312 e. The van der Waals surface area contributed by atoms with Gasteiger partial charge in [-0.25, -0.2) is 0 Å². The minimum absolute atomic E-state index is 0.152. The standard InChI is InChI=1S/C14H27N3O2/c1-13(2,3)19-11(18)14(4,5)7-10-17-12-15-8-6-9-16-12/h6-10H2,1-5H3,(H2,15,16,17). The molecule has 110 valence electrons. The van der Waals surface area contributed by atoms with E-state index in [4.69, 9.17) is 4.74 Å². The van der Waals surface area contributed by atoms with Crippen LogP contribution in [0.3, 0.4) is 0 Å². The molecule has 1 heterocycles. The van der Waals surface area contributed by atoms with Gasteiger partial charge in [0.05, 0.1) is 5.41 Å². The Morgan fingerprint density at radius 3 is 2.58 bits per heavy atom. The average Bonchev–Trinajstić information content (AvgIpc) is 2.28. The zero-order valence-corrected chi connectivity index (χ0v) is 12.8. The van der Waals surface area contributed by atoms with E-state index in [9.17, 15) is 4.79 Å². The van der Waals surface area contributed by atoms with Crippen LogP contribution in [0.4, 0.5) is 0 Å². The van der Waals surface area contributed by atoms with Crippen molar-refractivity contribution in [3.63, 3.8) is 0 Å². The topological polar surface area (TPSA) is 62.7 Å². The van der Waals surface area contributed by atoms with Crippen LogP contribution in [0.1, 0.15) is 47.5 Å². The Morgan fingerprint density at radius 2 is 2.05 bits per heavy atom. The summed E-state index contributed by atoms with van der Waals surface area (Å²) in [5.74, 6) is 0.687. The van der Waals surface area contributed by atoms with E-state index in [-0.39, 0.29) is 5.97 Å². The van der Waals surface area contributed by atoms with Crippen LogP contribution < -0.4 is 10.6 Å². The molecule has 0 fully saturated rings. The Balaban J connectivity index is 2.37. The van der Waals surface area contributed by atoms with Gasteiger partial charge >= 0.3 is 5.97 Å². The summed E-state index contributed by atoms with van der Waals surface area (Å²) in [5.41, 5.74) is -0.924. The molecule has 2 N–H and O–H groups in total. The molecule has 0 saturated carbocycles. The lowest BCUT2D eigenvalue weighted by molar-refractivity contribution is -0.165. The fraction of sp³-hybridized carbons (Fsp3) is 0.857. The molecular weight excluding hydrogens is 242 g/mol. The molecule has 0 atom stereocenters. The molecule has 0 bridgehead atoms. The summed E-state index contributed by atoms with van der Waals surface area (Å²) in [4.78, 5) is 16.4. The predicted octanol–water partition coefficient (Wildman–Crippen LogP) is 1.68. The van der Waals surface area contributed by atoms with Gasteiger partial charge in [0.25, 0.3) is 0 Å². The number of nitrogens with one attached hydrogen (secondary N) is 2. The van der Waals surface area contributed by atoms with E-state index in [2.05, 4.69) is 15.6 Å². The van der Waals surface area contributed by atoms with Crippen molar-refractivity contribution >= 4 is 11.9 Å². The van der Waals surface area contributed by atoms with Gasteiger partial charge < -0.3 is 15.4 Å². The fourth-order valence-corrected chi connectivity index (χ4v) is 1.66. The van der Waals surface area contributed by atoms with Crippen molar-refractivity contribution in [2.24, 2.45) is 10.4 Å². The third kappa shape index (κ3) is 5.94. The van der Waals surface area contributed by atoms with Gasteiger partial charge in [-0.2, -0.15) is 0 Å². The van der Waals surface area contributed by atoms with E-state index in [1.807, 2.05) is 34.6 Å². The maximum atomic E-state index is 12.1. The molecule has 1 aliphatic rings. The highest BCUT2D eigenvalue weighted by atomic mass is 16.6. The Labute approximate surface area is 116 Å². The summed E-state index contributed by atoms with van der Waals surface area (Å²) in [6, 6.07) is 0. The van der Waals surface area contributed by atoms with Crippen molar-refractivity contribution in [3.8, 4) is 0 Å². The molecule has 0 aromatic carbocycles. The number of hydrogen-bond donors (Lipinski definition) is 2. The largest absolute Gasteiger partial charge is 0.460 e. The van der Waals surface area contributed by atoms with Gasteiger partial charge in [-0.05, 0) is 47.5 Å². The molecule has 5 heteroatoms. The van der Waals surface area contributed by atoms with E-state index >= 15 is 0 Å². The second-order valence-electron chi connectivity index (χ2n) is 6.57. The normalized spacial score (nSPS) is 16.4. The number of carbonyl (C=O) groups is 1. The van der Waals surface area contributed by atoms with Crippen molar-refractivity contribution in [1.29, 1.82) is 0 Å². The number of rotatable bonds is 4. The van der Waals surface area contributed by atoms with E-state index in [1.165, 1.54) is 0 Å². The van der Waals surface area contributed by atoms with E-state index in [0.29, 0.717) is 13.0 Å². The minimum atomic E-state index is -0.491. The molecule has 0 saturated heterocycles. The van der Waals surface area contributed by atoms with Crippen LogP contribution in [0.2, 0.25) is 0 Å². The number of esters is 1. The van der Waals surface area contributed by atoms with E-state index in [1.54, 1.807) is 0 Å². The lowest BCUT2D eigenvalue weighted by Gasteiger charge is -2.28. The molecule has 0 aromatic rings. The highest BCUT2D eigenvalue weighted by Gasteiger charge is 2.32. The summed E-state index contributed by atoms with van der Waals surface area (Å²) < 4.78 is 5.43. The zero-order valence-electron chi connectivity index (χ0n) is 12.8. The zero-order chi connectivity index (χ0) is 14.5. The summed E-state index contributed by atoms with van der Waals surface area (Å²) in [6.07, 6.45) is 1.79. The van der Waals surface area contributed by atoms with Crippen LogP contribution in [-0.4, -0.2) is 37.2 Å². The van der Waals surface area contributed by atoms with Gasteiger partial charge in [0.2, 0.25) is 0 Å². The molecular formula is C14H27N3O2. The van der Waals surface area contributed by atoms with Gasteiger partial charge in [0, 0.05) is 19.6 Å². The van der Waals surface area contributed by atoms with E-state index in [0.717, 1.165) is 25.5 Å². The molecule has 5 nitrogen and oxygen atoms in total. The highest BCUT2D eigenvalue weighted by molar-refractivity contribution is 5.80. The van der Waals surface area contributed by atoms with Crippen molar-refractivity contribution in [1.82, 2.24) is 10.6 Å². The van der Waals surface area contributed by atoms with Gasteiger partial charge in [-0.15, -0.1) is 0 Å². The molecule has 1 rings (SSSR count). The number of ether oxygens (including phenoxy) is 1. The summed E-state index contributed by atoms with van der Waals surface area (Å²) in [5, 5.41) is 6.42. The number of guanidine groups is 1. The van der Waals surface area contributed by atoms with Gasteiger partial charge in [-0.1, -0.05) is 0 Å². The molecule has 1 aliphatic heterocycles. The first-order valence-electron chi connectivity index (χ1n) is 6.96. The Kier molecular flexibility index (Phi) is 5.20. The van der Waals surface area contributed by atoms with Crippen molar-refractivity contribution in [2.75, 3.05) is 19.6 Å². The quantitative estimate of drug-likeness (QED) is 0.762. The van der Waals surface area contributed by atoms with Crippen LogP contribution in [0.15, 0.2) is 4.99 Å². The first-order valence-corrected chi connectivity index (χ1v) is 6.96. The van der Waals surface area contributed by atoms with Crippen molar-refractivity contribution in [2.45, 2.75) is 53.1 Å².